The molecule has 2 amide bonds. The summed E-state index contributed by atoms with van der Waals surface area (Å²) in [6, 6.07) is 14.5. The van der Waals surface area contributed by atoms with Crippen LogP contribution in [0.3, 0.4) is 0 Å². The molecule has 0 aliphatic heterocycles. The maximum atomic E-state index is 13.2. The highest BCUT2D eigenvalue weighted by molar-refractivity contribution is 5.84. The van der Waals surface area contributed by atoms with E-state index in [1.165, 1.54) is 5.56 Å². The lowest BCUT2D eigenvalue weighted by atomic mass is 10.1. The fourth-order valence-corrected chi connectivity index (χ4v) is 3.44. The van der Waals surface area contributed by atoms with E-state index in [2.05, 4.69) is 42.8 Å². The summed E-state index contributed by atoms with van der Waals surface area (Å²) in [5.41, 5.74) is 2.32. The number of carbonyl (C=O) groups is 2. The first kappa shape index (κ1) is 23.7. The van der Waals surface area contributed by atoms with Gasteiger partial charge in [-0.1, -0.05) is 51.1 Å². The summed E-state index contributed by atoms with van der Waals surface area (Å²) in [4.78, 5) is 29.2. The number of benzene rings is 1. The first-order valence-corrected chi connectivity index (χ1v) is 11.1. The van der Waals surface area contributed by atoms with E-state index in [0.29, 0.717) is 25.4 Å². The van der Waals surface area contributed by atoms with E-state index < -0.39 is 0 Å². The van der Waals surface area contributed by atoms with Crippen molar-refractivity contribution in [1.29, 1.82) is 0 Å². The van der Waals surface area contributed by atoms with E-state index in [9.17, 15) is 9.59 Å². The van der Waals surface area contributed by atoms with Gasteiger partial charge in [-0.2, -0.15) is 0 Å². The lowest BCUT2D eigenvalue weighted by Gasteiger charge is -2.31. The van der Waals surface area contributed by atoms with Gasteiger partial charge in [0.2, 0.25) is 11.8 Å². The molecule has 0 spiro atoms. The molecular formula is C25H37N3O2. The Morgan fingerprint density at radius 2 is 1.67 bits per heavy atom. The van der Waals surface area contributed by atoms with Gasteiger partial charge in [-0.25, -0.2) is 0 Å². The van der Waals surface area contributed by atoms with E-state index in [-0.39, 0.29) is 24.4 Å². The Morgan fingerprint density at radius 3 is 2.27 bits per heavy atom. The molecule has 1 aromatic heterocycles. The number of hydrogen-bond acceptors (Lipinski definition) is 2. The molecule has 0 fully saturated rings. The van der Waals surface area contributed by atoms with E-state index >= 15 is 0 Å². The fourth-order valence-electron chi connectivity index (χ4n) is 3.44. The molecule has 0 unspecified atom stereocenters. The van der Waals surface area contributed by atoms with Gasteiger partial charge in [0.1, 0.15) is 0 Å². The lowest BCUT2D eigenvalue weighted by Crippen LogP contribution is -2.45. The number of nitrogens with zero attached hydrogens (tertiary/aromatic N) is 3. The molecule has 5 nitrogen and oxygen atoms in total. The van der Waals surface area contributed by atoms with Gasteiger partial charge in [-0.3, -0.25) is 9.59 Å². The normalized spacial score (nSPS) is 11.2. The quantitative estimate of drug-likeness (QED) is 0.544. The zero-order valence-electron chi connectivity index (χ0n) is 19.2. The minimum Gasteiger partial charge on any atom is -0.345 e. The molecule has 0 aliphatic rings. The van der Waals surface area contributed by atoms with Crippen LogP contribution in [0.15, 0.2) is 48.7 Å². The first-order chi connectivity index (χ1) is 14.3. The van der Waals surface area contributed by atoms with Gasteiger partial charge in [-0.05, 0) is 43.9 Å². The third kappa shape index (κ3) is 7.05. The SMILES string of the molecule is CCC(=O)N(CCC(C)C)CC(=O)N(Cc1cccn1Cc1ccccc1)C(C)C. The summed E-state index contributed by atoms with van der Waals surface area (Å²) in [6.07, 6.45) is 3.38. The molecule has 30 heavy (non-hydrogen) atoms. The summed E-state index contributed by atoms with van der Waals surface area (Å²) >= 11 is 0. The third-order valence-electron chi connectivity index (χ3n) is 5.35. The van der Waals surface area contributed by atoms with E-state index in [4.69, 9.17) is 0 Å². The van der Waals surface area contributed by atoms with E-state index in [1.807, 2.05) is 49.9 Å². The molecule has 0 saturated carbocycles. The van der Waals surface area contributed by atoms with Crippen molar-refractivity contribution in [3.63, 3.8) is 0 Å². The summed E-state index contributed by atoms with van der Waals surface area (Å²) in [5.74, 6) is 0.540. The molecule has 5 heteroatoms. The van der Waals surface area contributed by atoms with Crippen molar-refractivity contribution in [2.75, 3.05) is 13.1 Å². The Kier molecular flexibility index (Phi) is 9.15. The van der Waals surface area contributed by atoms with Crippen molar-refractivity contribution in [2.24, 2.45) is 5.92 Å². The summed E-state index contributed by atoms with van der Waals surface area (Å²) in [5, 5.41) is 0. The van der Waals surface area contributed by atoms with Gasteiger partial charge in [0, 0.05) is 37.4 Å². The number of hydrogen-bond donors (Lipinski definition) is 0. The number of carbonyl (C=O) groups excluding carboxylic acids is 2. The highest BCUT2D eigenvalue weighted by Gasteiger charge is 2.23. The smallest absolute Gasteiger partial charge is 0.242 e. The minimum absolute atomic E-state index is 0.00279. The Balaban J connectivity index is 2.11. The Bertz CT molecular complexity index is 796. The number of aromatic nitrogens is 1. The maximum absolute atomic E-state index is 13.2. The van der Waals surface area contributed by atoms with Crippen molar-refractivity contribution in [2.45, 2.75) is 66.6 Å². The second kappa shape index (κ2) is 11.6. The largest absolute Gasteiger partial charge is 0.345 e. The highest BCUT2D eigenvalue weighted by atomic mass is 16.2. The molecule has 0 bridgehead atoms. The second-order valence-electron chi connectivity index (χ2n) is 8.58. The molecule has 0 saturated heterocycles. The number of amides is 2. The predicted molar refractivity (Wildman–Crippen MR) is 122 cm³/mol. The molecule has 0 aliphatic carbocycles. The van der Waals surface area contributed by atoms with Gasteiger partial charge in [0.25, 0.3) is 0 Å². The number of rotatable bonds is 11. The van der Waals surface area contributed by atoms with Gasteiger partial charge >= 0.3 is 0 Å². The molecule has 164 valence electrons. The standard InChI is InChI=1S/C25H37N3O2/c1-6-24(29)27(16-14-20(2)3)19-25(30)28(21(4)5)18-23-13-10-15-26(23)17-22-11-8-7-9-12-22/h7-13,15,20-21H,6,14,16-19H2,1-5H3. The van der Waals surface area contributed by atoms with Gasteiger partial charge in [-0.15, -0.1) is 0 Å². The topological polar surface area (TPSA) is 45.6 Å². The highest BCUT2D eigenvalue weighted by Crippen LogP contribution is 2.14. The minimum atomic E-state index is 0.00279. The Labute approximate surface area is 181 Å². The van der Waals surface area contributed by atoms with Crippen LogP contribution in [0.4, 0.5) is 0 Å². The van der Waals surface area contributed by atoms with Crippen LogP contribution >= 0.6 is 0 Å². The summed E-state index contributed by atoms with van der Waals surface area (Å²) in [6.45, 7) is 12.3. The van der Waals surface area contributed by atoms with Crippen LogP contribution in [0.1, 0.15) is 58.7 Å². The molecule has 2 aromatic rings. The zero-order valence-corrected chi connectivity index (χ0v) is 19.2. The predicted octanol–water partition coefficient (Wildman–Crippen LogP) is 4.56. The van der Waals surface area contributed by atoms with E-state index in [1.54, 1.807) is 4.90 Å². The summed E-state index contributed by atoms with van der Waals surface area (Å²) in [7, 11) is 0. The first-order valence-electron chi connectivity index (χ1n) is 11.1. The third-order valence-corrected chi connectivity index (χ3v) is 5.35. The van der Waals surface area contributed by atoms with Crippen molar-refractivity contribution >= 4 is 11.8 Å². The van der Waals surface area contributed by atoms with Crippen LogP contribution in [0.2, 0.25) is 0 Å². The van der Waals surface area contributed by atoms with Crippen molar-refractivity contribution in [3.05, 3.63) is 59.9 Å². The van der Waals surface area contributed by atoms with Crippen molar-refractivity contribution < 1.29 is 9.59 Å². The van der Waals surface area contributed by atoms with Crippen LogP contribution in [0.25, 0.3) is 0 Å². The van der Waals surface area contributed by atoms with E-state index in [0.717, 1.165) is 18.7 Å². The maximum Gasteiger partial charge on any atom is 0.242 e. The molecule has 1 heterocycles. The average Bonchev–Trinajstić information content (AvgIpc) is 3.15. The molecule has 1 aromatic carbocycles. The molecule has 0 atom stereocenters. The fraction of sp³-hybridized carbons (Fsp3) is 0.520. The lowest BCUT2D eigenvalue weighted by molar-refractivity contribution is -0.142. The molecule has 0 radical (unpaired) electrons. The van der Waals surface area contributed by atoms with Crippen molar-refractivity contribution in [1.82, 2.24) is 14.4 Å². The second-order valence-corrected chi connectivity index (χ2v) is 8.58. The Morgan fingerprint density at radius 1 is 0.967 bits per heavy atom. The van der Waals surface area contributed by atoms with Crippen LogP contribution < -0.4 is 0 Å². The van der Waals surface area contributed by atoms with Gasteiger partial charge < -0.3 is 14.4 Å². The van der Waals surface area contributed by atoms with Crippen molar-refractivity contribution in [3.8, 4) is 0 Å². The molecule has 2 rings (SSSR count). The Hall–Kier alpha value is -2.56. The van der Waals surface area contributed by atoms with Crippen LogP contribution in [-0.4, -0.2) is 45.3 Å². The van der Waals surface area contributed by atoms with Crippen LogP contribution in [0.5, 0.6) is 0 Å². The van der Waals surface area contributed by atoms with Gasteiger partial charge in [0.15, 0.2) is 0 Å². The summed E-state index contributed by atoms with van der Waals surface area (Å²) < 4.78 is 2.19. The monoisotopic (exact) mass is 411 g/mol. The molecular weight excluding hydrogens is 374 g/mol. The molecule has 0 N–H and O–H groups in total. The van der Waals surface area contributed by atoms with Crippen LogP contribution in [0, 0.1) is 5.92 Å². The van der Waals surface area contributed by atoms with Crippen LogP contribution in [-0.2, 0) is 22.7 Å². The van der Waals surface area contributed by atoms with Gasteiger partial charge in [0.05, 0.1) is 13.1 Å². The average molecular weight is 412 g/mol. The zero-order chi connectivity index (χ0) is 22.1.